The number of nitrogens with two attached hydrogens (primary N) is 1. The number of nitrogens with zero attached hydrogens (tertiary/aromatic N) is 2. The van der Waals surface area contributed by atoms with Crippen molar-refractivity contribution in [1.82, 2.24) is 9.55 Å². The fourth-order valence-electron chi connectivity index (χ4n) is 1.63. The molecule has 0 aliphatic heterocycles. The third-order valence-corrected chi connectivity index (χ3v) is 2.76. The van der Waals surface area contributed by atoms with Crippen LogP contribution >= 0.6 is 11.6 Å². The molecule has 0 spiro atoms. The smallest absolute Gasteiger partial charge is 0.313 e. The molecule has 0 aliphatic rings. The normalized spacial score (nSPS) is 10.4. The second-order valence-corrected chi connectivity index (χ2v) is 4.45. The maximum absolute atomic E-state index is 12.1. The van der Waals surface area contributed by atoms with Crippen LogP contribution in [-0.2, 0) is 6.54 Å². The Bertz CT molecular complexity index is 640. The largest absolute Gasteiger partial charge is 0.432 e. The van der Waals surface area contributed by atoms with Crippen molar-refractivity contribution in [2.24, 2.45) is 0 Å². The second kappa shape index (κ2) is 5.75. The highest BCUT2D eigenvalue weighted by Crippen LogP contribution is 2.27. The first-order valence-electron chi connectivity index (χ1n) is 5.90. The molecule has 1 aromatic carbocycles. The standard InChI is InChI=1S/C13H14ClN3O2/c1-2-6-17-7-5-16-12(13(17)18)19-11-4-3-9(14)8-10(11)15/h3-5,7-8H,2,6,15H2,1H3. The molecule has 2 rings (SSSR count). The van der Waals surface area contributed by atoms with Gasteiger partial charge in [0.05, 0.1) is 5.69 Å². The third kappa shape index (κ3) is 3.06. The zero-order valence-electron chi connectivity index (χ0n) is 10.5. The van der Waals surface area contributed by atoms with Crippen LogP contribution in [0.25, 0.3) is 0 Å². The Morgan fingerprint density at radius 3 is 2.95 bits per heavy atom. The molecule has 19 heavy (non-hydrogen) atoms. The van der Waals surface area contributed by atoms with Gasteiger partial charge in [-0.15, -0.1) is 0 Å². The molecule has 0 saturated carbocycles. The van der Waals surface area contributed by atoms with Crippen molar-refractivity contribution in [1.29, 1.82) is 0 Å². The van der Waals surface area contributed by atoms with E-state index in [1.54, 1.807) is 29.0 Å². The molecule has 100 valence electrons. The molecular weight excluding hydrogens is 266 g/mol. The van der Waals surface area contributed by atoms with Gasteiger partial charge in [0.2, 0.25) is 0 Å². The van der Waals surface area contributed by atoms with Crippen molar-refractivity contribution in [3.63, 3.8) is 0 Å². The van der Waals surface area contributed by atoms with Gasteiger partial charge < -0.3 is 15.0 Å². The number of hydrogen-bond acceptors (Lipinski definition) is 4. The summed E-state index contributed by atoms with van der Waals surface area (Å²) in [5, 5.41) is 0.509. The summed E-state index contributed by atoms with van der Waals surface area (Å²) in [4.78, 5) is 16.0. The van der Waals surface area contributed by atoms with Crippen LogP contribution in [0.4, 0.5) is 5.69 Å². The highest BCUT2D eigenvalue weighted by atomic mass is 35.5. The molecule has 1 aromatic heterocycles. The van der Waals surface area contributed by atoms with Crippen molar-refractivity contribution in [2.75, 3.05) is 5.73 Å². The number of aryl methyl sites for hydroxylation is 1. The van der Waals surface area contributed by atoms with Gasteiger partial charge in [-0.25, -0.2) is 4.98 Å². The Labute approximate surface area is 115 Å². The topological polar surface area (TPSA) is 70.1 Å². The van der Waals surface area contributed by atoms with Crippen LogP contribution in [0.15, 0.2) is 35.4 Å². The van der Waals surface area contributed by atoms with Gasteiger partial charge in [-0.05, 0) is 24.6 Å². The molecule has 0 saturated heterocycles. The third-order valence-electron chi connectivity index (χ3n) is 2.53. The van der Waals surface area contributed by atoms with E-state index in [1.807, 2.05) is 6.92 Å². The Kier molecular flexibility index (Phi) is 4.06. The van der Waals surface area contributed by atoms with Crippen molar-refractivity contribution in [3.8, 4) is 11.6 Å². The Balaban J connectivity index is 2.33. The fourth-order valence-corrected chi connectivity index (χ4v) is 1.81. The number of ether oxygens (including phenoxy) is 1. The summed E-state index contributed by atoms with van der Waals surface area (Å²) in [6.45, 7) is 2.61. The van der Waals surface area contributed by atoms with Crippen LogP contribution in [0.2, 0.25) is 5.02 Å². The fraction of sp³-hybridized carbons (Fsp3) is 0.231. The van der Waals surface area contributed by atoms with Gasteiger partial charge in [-0.3, -0.25) is 4.79 Å². The number of rotatable bonds is 4. The molecule has 0 aliphatic carbocycles. The van der Waals surface area contributed by atoms with E-state index in [0.29, 0.717) is 23.0 Å². The Morgan fingerprint density at radius 1 is 1.47 bits per heavy atom. The number of aromatic nitrogens is 2. The molecule has 2 aromatic rings. The zero-order valence-corrected chi connectivity index (χ0v) is 11.2. The minimum Gasteiger partial charge on any atom is -0.432 e. The summed E-state index contributed by atoms with van der Waals surface area (Å²) in [6.07, 6.45) is 4.01. The van der Waals surface area contributed by atoms with Gasteiger partial charge in [-0.1, -0.05) is 18.5 Å². The van der Waals surface area contributed by atoms with Crippen LogP contribution in [0, 0.1) is 0 Å². The van der Waals surface area contributed by atoms with Gasteiger partial charge in [0.25, 0.3) is 5.88 Å². The maximum atomic E-state index is 12.1. The van der Waals surface area contributed by atoms with E-state index < -0.39 is 0 Å². The summed E-state index contributed by atoms with van der Waals surface area (Å²) in [5.74, 6) is 0.369. The van der Waals surface area contributed by atoms with Crippen LogP contribution in [-0.4, -0.2) is 9.55 Å². The van der Waals surface area contributed by atoms with Crippen LogP contribution in [0.1, 0.15) is 13.3 Å². The quantitative estimate of drug-likeness (QED) is 0.874. The van der Waals surface area contributed by atoms with Gasteiger partial charge in [-0.2, -0.15) is 0 Å². The SMILES string of the molecule is CCCn1ccnc(Oc2ccc(Cl)cc2N)c1=O. The first-order valence-corrected chi connectivity index (χ1v) is 6.28. The van der Waals surface area contributed by atoms with E-state index in [0.717, 1.165) is 6.42 Å². The molecular formula is C13H14ClN3O2. The second-order valence-electron chi connectivity index (χ2n) is 4.02. The molecule has 0 atom stereocenters. The molecule has 1 heterocycles. The first-order chi connectivity index (χ1) is 9.11. The highest BCUT2D eigenvalue weighted by molar-refractivity contribution is 6.30. The van der Waals surface area contributed by atoms with Crippen molar-refractivity contribution < 1.29 is 4.74 Å². The van der Waals surface area contributed by atoms with Gasteiger partial charge >= 0.3 is 5.56 Å². The van der Waals surface area contributed by atoms with E-state index in [2.05, 4.69) is 4.98 Å². The van der Waals surface area contributed by atoms with Crippen LogP contribution < -0.4 is 16.0 Å². The van der Waals surface area contributed by atoms with E-state index >= 15 is 0 Å². The molecule has 0 fully saturated rings. The average molecular weight is 280 g/mol. The zero-order chi connectivity index (χ0) is 13.8. The average Bonchev–Trinajstić information content (AvgIpc) is 2.37. The number of halogens is 1. The summed E-state index contributed by atoms with van der Waals surface area (Å²) >= 11 is 5.80. The van der Waals surface area contributed by atoms with Gasteiger partial charge in [0, 0.05) is 24.0 Å². The number of nitrogen functional groups attached to an aromatic ring is 1. The molecule has 0 unspecified atom stereocenters. The first kappa shape index (κ1) is 13.4. The van der Waals surface area contributed by atoms with Crippen molar-refractivity contribution >= 4 is 17.3 Å². The van der Waals surface area contributed by atoms with Crippen molar-refractivity contribution in [3.05, 3.63) is 46.0 Å². The lowest BCUT2D eigenvalue weighted by Crippen LogP contribution is -2.21. The minimum atomic E-state index is -0.279. The number of hydrogen-bond donors (Lipinski definition) is 1. The molecule has 0 amide bonds. The lowest BCUT2D eigenvalue weighted by Gasteiger charge is -2.09. The molecule has 0 bridgehead atoms. The Morgan fingerprint density at radius 2 is 2.26 bits per heavy atom. The molecule has 5 nitrogen and oxygen atoms in total. The molecule has 2 N–H and O–H groups in total. The minimum absolute atomic E-state index is 0.00460. The van der Waals surface area contributed by atoms with Crippen molar-refractivity contribution in [2.45, 2.75) is 19.9 Å². The van der Waals surface area contributed by atoms with Crippen LogP contribution in [0.5, 0.6) is 11.6 Å². The van der Waals surface area contributed by atoms with Gasteiger partial charge in [0.15, 0.2) is 5.75 Å². The predicted molar refractivity (Wildman–Crippen MR) is 74.7 cm³/mol. The monoisotopic (exact) mass is 279 g/mol. The number of benzene rings is 1. The van der Waals surface area contributed by atoms with E-state index in [-0.39, 0.29) is 11.4 Å². The lowest BCUT2D eigenvalue weighted by molar-refractivity contribution is 0.445. The van der Waals surface area contributed by atoms with E-state index in [9.17, 15) is 4.79 Å². The van der Waals surface area contributed by atoms with Gasteiger partial charge in [0.1, 0.15) is 0 Å². The lowest BCUT2D eigenvalue weighted by atomic mass is 10.3. The predicted octanol–water partition coefficient (Wildman–Crippen LogP) is 2.68. The Hall–Kier alpha value is -2.01. The number of anilines is 1. The summed E-state index contributed by atoms with van der Waals surface area (Å²) in [7, 11) is 0. The summed E-state index contributed by atoms with van der Waals surface area (Å²) < 4.78 is 7.00. The highest BCUT2D eigenvalue weighted by Gasteiger charge is 2.09. The summed E-state index contributed by atoms with van der Waals surface area (Å²) in [5.41, 5.74) is 5.85. The summed E-state index contributed by atoms with van der Waals surface area (Å²) in [6, 6.07) is 4.81. The molecule has 0 radical (unpaired) electrons. The maximum Gasteiger partial charge on any atom is 0.313 e. The van der Waals surface area contributed by atoms with E-state index in [4.69, 9.17) is 22.1 Å². The van der Waals surface area contributed by atoms with E-state index in [1.165, 1.54) is 6.20 Å². The molecule has 6 heteroatoms. The van der Waals surface area contributed by atoms with Crippen LogP contribution in [0.3, 0.4) is 0 Å².